The first-order valence-electron chi connectivity index (χ1n) is 3.91. The van der Waals surface area contributed by atoms with E-state index in [2.05, 4.69) is 6.07 Å². The minimum absolute atomic E-state index is 0.374. The summed E-state index contributed by atoms with van der Waals surface area (Å²) in [5.74, 6) is 0. The van der Waals surface area contributed by atoms with E-state index in [1.165, 1.54) is 0 Å². The molecule has 0 unspecified atom stereocenters. The Morgan fingerprint density at radius 3 is 2.85 bits per heavy atom. The zero-order chi connectivity index (χ0) is 9.68. The molecule has 68 valence electrons. The van der Waals surface area contributed by atoms with Crippen molar-refractivity contribution in [2.45, 2.75) is 13.0 Å². The number of benzene rings is 1. The highest BCUT2D eigenvalue weighted by molar-refractivity contribution is 6.30. The highest BCUT2D eigenvalue weighted by Gasteiger charge is 2.02. The summed E-state index contributed by atoms with van der Waals surface area (Å²) in [5.41, 5.74) is 1.96. The minimum Gasteiger partial charge on any atom is -0.380 e. The summed E-state index contributed by atoms with van der Waals surface area (Å²) in [6.45, 7) is 0.522. The number of hydrogen-bond acceptors (Lipinski definition) is 2. The number of nitriles is 1. The molecule has 0 aliphatic carbocycles. The highest BCUT2D eigenvalue weighted by Crippen LogP contribution is 2.17. The fourth-order valence-electron chi connectivity index (χ4n) is 1.14. The van der Waals surface area contributed by atoms with E-state index in [0.29, 0.717) is 18.1 Å². The molecule has 3 heteroatoms. The lowest BCUT2D eigenvalue weighted by Gasteiger charge is -2.05. The van der Waals surface area contributed by atoms with Crippen LogP contribution in [0.15, 0.2) is 18.2 Å². The van der Waals surface area contributed by atoms with E-state index in [1.54, 1.807) is 19.2 Å². The molecule has 0 aromatic heterocycles. The van der Waals surface area contributed by atoms with E-state index in [9.17, 15) is 0 Å². The van der Waals surface area contributed by atoms with Crippen LogP contribution >= 0.6 is 11.6 Å². The molecule has 0 saturated carbocycles. The molecule has 0 saturated heterocycles. The van der Waals surface area contributed by atoms with Crippen LogP contribution in [0.2, 0.25) is 5.02 Å². The van der Waals surface area contributed by atoms with E-state index < -0.39 is 0 Å². The van der Waals surface area contributed by atoms with Crippen LogP contribution < -0.4 is 0 Å². The van der Waals surface area contributed by atoms with Gasteiger partial charge in [-0.1, -0.05) is 17.7 Å². The van der Waals surface area contributed by atoms with Gasteiger partial charge in [0, 0.05) is 12.1 Å². The van der Waals surface area contributed by atoms with Gasteiger partial charge in [-0.3, -0.25) is 0 Å². The van der Waals surface area contributed by atoms with E-state index in [1.807, 2.05) is 6.07 Å². The van der Waals surface area contributed by atoms with Gasteiger partial charge >= 0.3 is 0 Å². The van der Waals surface area contributed by atoms with Gasteiger partial charge in [-0.25, -0.2) is 0 Å². The SMILES string of the molecule is COCc1ccc(Cl)cc1CC#N. The molecule has 0 amide bonds. The predicted octanol–water partition coefficient (Wildman–Crippen LogP) is 2.55. The van der Waals surface area contributed by atoms with E-state index >= 15 is 0 Å². The van der Waals surface area contributed by atoms with Gasteiger partial charge in [0.25, 0.3) is 0 Å². The van der Waals surface area contributed by atoms with Gasteiger partial charge in [0.05, 0.1) is 19.1 Å². The lowest BCUT2D eigenvalue weighted by molar-refractivity contribution is 0.184. The second-order valence-corrected chi connectivity index (χ2v) is 3.12. The maximum atomic E-state index is 8.57. The van der Waals surface area contributed by atoms with Crippen LogP contribution in [0.25, 0.3) is 0 Å². The molecule has 0 N–H and O–H groups in total. The molecule has 2 nitrogen and oxygen atoms in total. The third-order valence-corrected chi connectivity index (χ3v) is 1.97. The molecule has 0 atom stereocenters. The molecule has 0 aliphatic heterocycles. The summed E-state index contributed by atoms with van der Waals surface area (Å²) in [7, 11) is 1.63. The van der Waals surface area contributed by atoms with Gasteiger partial charge in [-0.15, -0.1) is 0 Å². The summed E-state index contributed by atoms with van der Waals surface area (Å²) in [6.07, 6.45) is 0.374. The third kappa shape index (κ3) is 2.73. The lowest BCUT2D eigenvalue weighted by atomic mass is 10.1. The lowest BCUT2D eigenvalue weighted by Crippen LogP contribution is -1.94. The third-order valence-electron chi connectivity index (χ3n) is 1.74. The Hall–Kier alpha value is -1.04. The van der Waals surface area contributed by atoms with Crippen LogP contribution in [0.1, 0.15) is 11.1 Å². The molecule has 1 aromatic rings. The molecule has 0 radical (unpaired) electrons. The quantitative estimate of drug-likeness (QED) is 0.743. The summed E-state index contributed by atoms with van der Waals surface area (Å²) in [4.78, 5) is 0. The number of rotatable bonds is 3. The van der Waals surface area contributed by atoms with Crippen molar-refractivity contribution < 1.29 is 4.74 Å². The fourth-order valence-corrected chi connectivity index (χ4v) is 1.34. The smallest absolute Gasteiger partial charge is 0.0716 e. The Kier molecular flexibility index (Phi) is 3.75. The van der Waals surface area contributed by atoms with Gasteiger partial charge < -0.3 is 4.74 Å². The summed E-state index contributed by atoms with van der Waals surface area (Å²) in [6, 6.07) is 7.59. The maximum Gasteiger partial charge on any atom is 0.0716 e. The summed E-state index contributed by atoms with van der Waals surface area (Å²) in [5, 5.41) is 9.23. The predicted molar refractivity (Wildman–Crippen MR) is 51.5 cm³/mol. The number of nitrogens with zero attached hydrogens (tertiary/aromatic N) is 1. The van der Waals surface area contributed by atoms with Crippen LogP contribution in [0, 0.1) is 11.3 Å². The Labute approximate surface area is 82.7 Å². The summed E-state index contributed by atoms with van der Waals surface area (Å²) < 4.78 is 5.00. The van der Waals surface area contributed by atoms with Crippen molar-refractivity contribution in [1.82, 2.24) is 0 Å². The van der Waals surface area contributed by atoms with E-state index in [0.717, 1.165) is 11.1 Å². The van der Waals surface area contributed by atoms with Gasteiger partial charge in [-0.2, -0.15) is 5.26 Å². The molecule has 13 heavy (non-hydrogen) atoms. The first kappa shape index (κ1) is 10.0. The maximum absolute atomic E-state index is 8.57. The Morgan fingerprint density at radius 1 is 1.46 bits per heavy atom. The normalized spacial score (nSPS) is 9.62. The van der Waals surface area contributed by atoms with Crippen molar-refractivity contribution in [1.29, 1.82) is 5.26 Å². The molecule has 0 fully saturated rings. The van der Waals surface area contributed by atoms with Crippen LogP contribution in [-0.2, 0) is 17.8 Å². The molecule has 0 spiro atoms. The van der Waals surface area contributed by atoms with E-state index in [4.69, 9.17) is 21.6 Å². The van der Waals surface area contributed by atoms with Crippen molar-refractivity contribution in [3.05, 3.63) is 34.3 Å². The molecule has 0 aliphatic rings. The van der Waals surface area contributed by atoms with Crippen LogP contribution in [0.5, 0.6) is 0 Å². The fraction of sp³-hybridized carbons (Fsp3) is 0.300. The van der Waals surface area contributed by atoms with Gasteiger partial charge in [0.2, 0.25) is 0 Å². The van der Waals surface area contributed by atoms with Crippen LogP contribution in [0.3, 0.4) is 0 Å². The zero-order valence-corrected chi connectivity index (χ0v) is 8.14. The molecular weight excluding hydrogens is 186 g/mol. The topological polar surface area (TPSA) is 33.0 Å². The summed E-state index contributed by atoms with van der Waals surface area (Å²) >= 11 is 5.80. The largest absolute Gasteiger partial charge is 0.380 e. The van der Waals surface area contributed by atoms with Gasteiger partial charge in [-0.05, 0) is 23.3 Å². The molecule has 0 heterocycles. The molecule has 1 aromatic carbocycles. The number of halogens is 1. The number of methoxy groups -OCH3 is 1. The second-order valence-electron chi connectivity index (χ2n) is 2.68. The Bertz CT molecular complexity index is 330. The van der Waals surface area contributed by atoms with Crippen LogP contribution in [-0.4, -0.2) is 7.11 Å². The van der Waals surface area contributed by atoms with Crippen molar-refractivity contribution >= 4 is 11.6 Å². The monoisotopic (exact) mass is 195 g/mol. The minimum atomic E-state index is 0.374. The van der Waals surface area contributed by atoms with E-state index in [-0.39, 0.29) is 0 Å². The van der Waals surface area contributed by atoms with Crippen molar-refractivity contribution in [2.75, 3.05) is 7.11 Å². The molecule has 0 bridgehead atoms. The Morgan fingerprint density at radius 2 is 2.23 bits per heavy atom. The standard InChI is InChI=1S/C10H10ClNO/c1-13-7-9-2-3-10(11)6-8(9)4-5-12/h2-3,6H,4,7H2,1H3. The number of ether oxygens (including phenoxy) is 1. The van der Waals surface area contributed by atoms with Crippen molar-refractivity contribution in [2.24, 2.45) is 0 Å². The Balaban J connectivity index is 2.97. The van der Waals surface area contributed by atoms with Crippen molar-refractivity contribution in [3.8, 4) is 6.07 Å². The molecule has 1 rings (SSSR count). The first-order chi connectivity index (χ1) is 6.27. The molecular formula is C10H10ClNO. The second kappa shape index (κ2) is 4.86. The highest BCUT2D eigenvalue weighted by atomic mass is 35.5. The average Bonchev–Trinajstić information content (AvgIpc) is 2.10. The van der Waals surface area contributed by atoms with Gasteiger partial charge in [0.1, 0.15) is 0 Å². The average molecular weight is 196 g/mol. The zero-order valence-electron chi connectivity index (χ0n) is 7.38. The number of hydrogen-bond donors (Lipinski definition) is 0. The van der Waals surface area contributed by atoms with Crippen molar-refractivity contribution in [3.63, 3.8) is 0 Å². The first-order valence-corrected chi connectivity index (χ1v) is 4.29. The van der Waals surface area contributed by atoms with Gasteiger partial charge in [0.15, 0.2) is 0 Å². The van der Waals surface area contributed by atoms with Crippen LogP contribution in [0.4, 0.5) is 0 Å².